The molecule has 0 spiro atoms. The van der Waals surface area contributed by atoms with Crippen molar-refractivity contribution in [3.05, 3.63) is 47.3 Å². The Kier molecular flexibility index (Phi) is 3.35. The number of hydrogen-bond acceptors (Lipinski definition) is 4. The molecule has 1 atom stereocenters. The fourth-order valence-corrected chi connectivity index (χ4v) is 2.39. The van der Waals surface area contributed by atoms with Gasteiger partial charge in [-0.25, -0.2) is 0 Å². The van der Waals surface area contributed by atoms with Gasteiger partial charge in [0.05, 0.1) is 29.9 Å². The second-order valence-electron chi connectivity index (χ2n) is 5.11. The van der Waals surface area contributed by atoms with Crippen molar-refractivity contribution in [2.24, 2.45) is 0 Å². The summed E-state index contributed by atoms with van der Waals surface area (Å²) in [5.74, 6) is -0.742. The predicted molar refractivity (Wildman–Crippen MR) is 78.3 cm³/mol. The van der Waals surface area contributed by atoms with E-state index in [0.29, 0.717) is 17.8 Å². The topological polar surface area (TPSA) is 99.8 Å². The van der Waals surface area contributed by atoms with E-state index in [1.54, 1.807) is 24.3 Å². The third-order valence-electron chi connectivity index (χ3n) is 3.37. The minimum absolute atomic E-state index is 0.0249. The van der Waals surface area contributed by atoms with E-state index in [2.05, 4.69) is 15.7 Å². The summed E-state index contributed by atoms with van der Waals surface area (Å²) in [4.78, 5) is 24.4. The Morgan fingerprint density at radius 1 is 1.55 bits per heavy atom. The fourth-order valence-electron chi connectivity index (χ4n) is 2.39. The SMILES string of the molecule is C[C@H]1Cn2ncc(C(=O)Nc3cccc(C#N)c3)c2C(=O)N1. The molecular formula is C15H13N5O2. The van der Waals surface area contributed by atoms with Crippen LogP contribution < -0.4 is 10.6 Å². The van der Waals surface area contributed by atoms with Crippen molar-refractivity contribution in [2.75, 3.05) is 5.32 Å². The number of hydrogen-bond donors (Lipinski definition) is 2. The highest BCUT2D eigenvalue weighted by atomic mass is 16.2. The van der Waals surface area contributed by atoms with Crippen molar-refractivity contribution < 1.29 is 9.59 Å². The molecule has 2 heterocycles. The Bertz CT molecular complexity index is 803. The van der Waals surface area contributed by atoms with Crippen LogP contribution in [0.3, 0.4) is 0 Å². The summed E-state index contributed by atoms with van der Waals surface area (Å²) in [5.41, 5.74) is 1.41. The quantitative estimate of drug-likeness (QED) is 0.867. The Morgan fingerprint density at radius 3 is 3.14 bits per heavy atom. The number of fused-ring (bicyclic) bond motifs is 1. The number of nitriles is 1. The molecular weight excluding hydrogens is 282 g/mol. The fraction of sp³-hybridized carbons (Fsp3) is 0.200. The molecule has 2 amide bonds. The van der Waals surface area contributed by atoms with E-state index in [1.165, 1.54) is 10.9 Å². The maximum absolute atomic E-state index is 12.3. The molecule has 22 heavy (non-hydrogen) atoms. The normalized spacial score (nSPS) is 16.4. The van der Waals surface area contributed by atoms with E-state index in [4.69, 9.17) is 5.26 Å². The number of aromatic nitrogens is 2. The van der Waals surface area contributed by atoms with Crippen LogP contribution in [-0.2, 0) is 6.54 Å². The number of nitrogens with zero attached hydrogens (tertiary/aromatic N) is 3. The highest BCUT2D eigenvalue weighted by Gasteiger charge is 2.28. The molecule has 7 nitrogen and oxygen atoms in total. The smallest absolute Gasteiger partial charge is 0.270 e. The van der Waals surface area contributed by atoms with Crippen molar-refractivity contribution in [3.63, 3.8) is 0 Å². The van der Waals surface area contributed by atoms with Gasteiger partial charge in [0, 0.05) is 11.7 Å². The average Bonchev–Trinajstić information content (AvgIpc) is 2.91. The van der Waals surface area contributed by atoms with Crippen LogP contribution in [0.25, 0.3) is 0 Å². The zero-order valence-electron chi connectivity index (χ0n) is 11.8. The van der Waals surface area contributed by atoms with Crippen molar-refractivity contribution in [1.29, 1.82) is 5.26 Å². The molecule has 0 aliphatic carbocycles. The third kappa shape index (κ3) is 2.42. The van der Waals surface area contributed by atoms with E-state index < -0.39 is 5.91 Å². The lowest BCUT2D eigenvalue weighted by Gasteiger charge is -2.21. The molecule has 110 valence electrons. The van der Waals surface area contributed by atoms with E-state index in [1.807, 2.05) is 13.0 Å². The van der Waals surface area contributed by atoms with Gasteiger partial charge in [-0.05, 0) is 25.1 Å². The number of amides is 2. The lowest BCUT2D eigenvalue weighted by molar-refractivity contribution is 0.0891. The largest absolute Gasteiger partial charge is 0.346 e. The molecule has 3 rings (SSSR count). The Hall–Kier alpha value is -3.14. The highest BCUT2D eigenvalue weighted by molar-refractivity contribution is 6.11. The summed E-state index contributed by atoms with van der Waals surface area (Å²) < 4.78 is 1.53. The summed E-state index contributed by atoms with van der Waals surface area (Å²) in [6.45, 7) is 2.40. The number of carbonyl (C=O) groups is 2. The van der Waals surface area contributed by atoms with Gasteiger partial charge >= 0.3 is 0 Å². The standard InChI is InChI=1S/C15H13N5O2/c1-9-8-20-13(15(22)18-9)12(7-17-20)14(21)19-11-4-2-3-10(5-11)6-16/h2-5,7,9H,8H2,1H3,(H,18,22)(H,19,21)/t9-/m0/s1. The Morgan fingerprint density at radius 2 is 2.36 bits per heavy atom. The maximum atomic E-state index is 12.3. The number of carbonyl (C=O) groups excluding carboxylic acids is 2. The molecule has 1 aliphatic rings. The zero-order valence-corrected chi connectivity index (χ0v) is 11.8. The number of rotatable bonds is 2. The van der Waals surface area contributed by atoms with E-state index >= 15 is 0 Å². The van der Waals surface area contributed by atoms with Gasteiger partial charge in [0.25, 0.3) is 11.8 Å². The van der Waals surface area contributed by atoms with E-state index in [0.717, 1.165) is 0 Å². The molecule has 1 aromatic carbocycles. The van der Waals surface area contributed by atoms with Gasteiger partial charge in [-0.15, -0.1) is 0 Å². The van der Waals surface area contributed by atoms with Gasteiger partial charge in [-0.3, -0.25) is 14.3 Å². The van der Waals surface area contributed by atoms with Gasteiger partial charge in [-0.2, -0.15) is 10.4 Å². The van der Waals surface area contributed by atoms with Crippen molar-refractivity contribution in [1.82, 2.24) is 15.1 Å². The van der Waals surface area contributed by atoms with Crippen LogP contribution in [0.5, 0.6) is 0 Å². The van der Waals surface area contributed by atoms with Crippen LogP contribution in [0.1, 0.15) is 33.3 Å². The van der Waals surface area contributed by atoms with Crippen molar-refractivity contribution in [2.45, 2.75) is 19.5 Å². The summed E-state index contributed by atoms with van der Waals surface area (Å²) in [6, 6.07) is 8.55. The van der Waals surface area contributed by atoms with Crippen molar-refractivity contribution in [3.8, 4) is 6.07 Å². The second kappa shape index (κ2) is 5.33. The molecule has 1 aliphatic heterocycles. The minimum atomic E-state index is -0.430. The van der Waals surface area contributed by atoms with Gasteiger partial charge < -0.3 is 10.6 Å². The van der Waals surface area contributed by atoms with E-state index in [-0.39, 0.29) is 23.2 Å². The van der Waals surface area contributed by atoms with Crippen LogP contribution in [-0.4, -0.2) is 27.6 Å². The number of nitrogens with one attached hydrogen (secondary N) is 2. The van der Waals surface area contributed by atoms with Crippen LogP contribution in [0.15, 0.2) is 30.5 Å². The van der Waals surface area contributed by atoms with Crippen LogP contribution in [0.2, 0.25) is 0 Å². The molecule has 0 fully saturated rings. The molecule has 0 unspecified atom stereocenters. The van der Waals surface area contributed by atoms with Crippen LogP contribution >= 0.6 is 0 Å². The van der Waals surface area contributed by atoms with Crippen LogP contribution in [0, 0.1) is 11.3 Å². The summed E-state index contributed by atoms with van der Waals surface area (Å²) >= 11 is 0. The predicted octanol–water partition coefficient (Wildman–Crippen LogP) is 1.14. The highest BCUT2D eigenvalue weighted by Crippen LogP contribution is 2.17. The monoisotopic (exact) mass is 295 g/mol. The molecule has 0 radical (unpaired) electrons. The molecule has 2 N–H and O–H groups in total. The lowest BCUT2D eigenvalue weighted by Crippen LogP contribution is -2.43. The third-order valence-corrected chi connectivity index (χ3v) is 3.37. The average molecular weight is 295 g/mol. The second-order valence-corrected chi connectivity index (χ2v) is 5.11. The first-order valence-electron chi connectivity index (χ1n) is 6.76. The van der Waals surface area contributed by atoms with Gasteiger partial charge in [-0.1, -0.05) is 6.07 Å². The maximum Gasteiger partial charge on any atom is 0.270 e. The number of benzene rings is 1. The molecule has 0 bridgehead atoms. The van der Waals surface area contributed by atoms with Crippen molar-refractivity contribution >= 4 is 17.5 Å². The summed E-state index contributed by atoms with van der Waals surface area (Å²) in [6.07, 6.45) is 1.39. The van der Waals surface area contributed by atoms with Gasteiger partial charge in [0.15, 0.2) is 0 Å². The summed E-state index contributed by atoms with van der Waals surface area (Å²) in [5, 5.41) is 18.4. The molecule has 2 aromatic rings. The molecule has 1 aromatic heterocycles. The first-order chi connectivity index (χ1) is 10.6. The first-order valence-corrected chi connectivity index (χ1v) is 6.76. The summed E-state index contributed by atoms with van der Waals surface area (Å²) in [7, 11) is 0. The molecule has 0 saturated heterocycles. The van der Waals surface area contributed by atoms with Crippen LogP contribution in [0.4, 0.5) is 5.69 Å². The Labute approximate surface area is 126 Å². The van der Waals surface area contributed by atoms with E-state index in [9.17, 15) is 9.59 Å². The minimum Gasteiger partial charge on any atom is -0.346 e. The zero-order chi connectivity index (χ0) is 15.7. The Balaban J connectivity index is 1.88. The van der Waals surface area contributed by atoms with Gasteiger partial charge in [0.2, 0.25) is 0 Å². The molecule has 7 heteroatoms. The molecule has 0 saturated carbocycles. The van der Waals surface area contributed by atoms with Gasteiger partial charge in [0.1, 0.15) is 5.69 Å². The lowest BCUT2D eigenvalue weighted by atomic mass is 10.1. The number of anilines is 1. The first kappa shape index (κ1) is 13.8.